The third kappa shape index (κ3) is 6.76. The normalized spacial score (nSPS) is 11.5. The Kier molecular flexibility index (Phi) is 8.05. The first kappa shape index (κ1) is 22.7. The summed E-state index contributed by atoms with van der Waals surface area (Å²) in [5.74, 6) is -1.31. The second kappa shape index (κ2) is 10.3. The molecule has 2 aromatic carbocycles. The van der Waals surface area contributed by atoms with Gasteiger partial charge in [-0.3, -0.25) is 14.4 Å². The molecule has 0 aliphatic carbocycles. The number of hydrogen-bond donors (Lipinski definition) is 3. The molecule has 0 radical (unpaired) electrons. The quantitative estimate of drug-likeness (QED) is 0.622. The van der Waals surface area contributed by atoms with E-state index in [1.807, 2.05) is 39.0 Å². The van der Waals surface area contributed by atoms with Gasteiger partial charge in [0.25, 0.3) is 5.91 Å². The second-order valence-electron chi connectivity index (χ2n) is 6.73. The van der Waals surface area contributed by atoms with Crippen LogP contribution < -0.4 is 16.0 Å². The maximum atomic E-state index is 12.1. The van der Waals surface area contributed by atoms with Crippen LogP contribution in [0.25, 0.3) is 0 Å². The Hall–Kier alpha value is -2.57. The molecule has 3 N–H and O–H groups in total. The van der Waals surface area contributed by atoms with Gasteiger partial charge in [-0.2, -0.15) is 0 Å². The van der Waals surface area contributed by atoms with E-state index in [-0.39, 0.29) is 35.6 Å². The fourth-order valence-electron chi connectivity index (χ4n) is 2.77. The summed E-state index contributed by atoms with van der Waals surface area (Å²) in [6.07, 6.45) is 0. The van der Waals surface area contributed by atoms with Crippen LogP contribution in [-0.2, 0) is 9.59 Å². The maximum Gasteiger partial charge on any atom is 0.253 e. The SMILES string of the molecule is Cc1ccc(C)c(C(C)NC(=O)CNC(=O)CNC(=O)c2ccc(Cl)cc2Cl)c1. The summed E-state index contributed by atoms with van der Waals surface area (Å²) in [4.78, 5) is 36.1. The molecule has 154 valence electrons. The highest BCUT2D eigenvalue weighted by Crippen LogP contribution is 2.21. The second-order valence-corrected chi connectivity index (χ2v) is 7.58. The number of hydrogen-bond acceptors (Lipinski definition) is 3. The number of benzene rings is 2. The van der Waals surface area contributed by atoms with Crippen molar-refractivity contribution < 1.29 is 14.4 Å². The third-order valence-electron chi connectivity index (χ3n) is 4.31. The summed E-state index contributed by atoms with van der Waals surface area (Å²) in [7, 11) is 0. The molecule has 6 nitrogen and oxygen atoms in total. The molecule has 0 fully saturated rings. The molecule has 2 rings (SSSR count). The van der Waals surface area contributed by atoms with Gasteiger partial charge in [-0.05, 0) is 50.1 Å². The minimum Gasteiger partial charge on any atom is -0.348 e. The minimum atomic E-state index is -0.505. The van der Waals surface area contributed by atoms with Crippen LogP contribution in [0.2, 0.25) is 10.0 Å². The van der Waals surface area contributed by atoms with Crippen LogP contribution in [0.4, 0.5) is 0 Å². The molecular weight excluding hydrogens is 413 g/mol. The molecular formula is C21H23Cl2N3O3. The van der Waals surface area contributed by atoms with Gasteiger partial charge in [-0.25, -0.2) is 0 Å². The molecule has 29 heavy (non-hydrogen) atoms. The van der Waals surface area contributed by atoms with Crippen LogP contribution in [0.1, 0.15) is 40.0 Å². The van der Waals surface area contributed by atoms with Crippen LogP contribution >= 0.6 is 23.2 Å². The molecule has 0 spiro atoms. The predicted octanol–water partition coefficient (Wildman–Crippen LogP) is 3.33. The highest BCUT2D eigenvalue weighted by atomic mass is 35.5. The van der Waals surface area contributed by atoms with Gasteiger partial charge in [0.05, 0.1) is 29.7 Å². The van der Waals surface area contributed by atoms with Crippen molar-refractivity contribution in [2.45, 2.75) is 26.8 Å². The molecule has 0 heterocycles. The smallest absolute Gasteiger partial charge is 0.253 e. The van der Waals surface area contributed by atoms with E-state index in [4.69, 9.17) is 23.2 Å². The van der Waals surface area contributed by atoms with E-state index < -0.39 is 11.8 Å². The number of halogens is 2. The van der Waals surface area contributed by atoms with Crippen molar-refractivity contribution in [3.63, 3.8) is 0 Å². The molecule has 0 aliphatic heterocycles. The van der Waals surface area contributed by atoms with E-state index in [2.05, 4.69) is 16.0 Å². The van der Waals surface area contributed by atoms with Crippen LogP contribution in [0.15, 0.2) is 36.4 Å². The Morgan fingerprint density at radius 2 is 1.62 bits per heavy atom. The van der Waals surface area contributed by atoms with E-state index in [0.717, 1.165) is 16.7 Å². The van der Waals surface area contributed by atoms with E-state index >= 15 is 0 Å². The Bertz CT molecular complexity index is 931. The number of carbonyl (C=O) groups is 3. The number of aryl methyl sites for hydroxylation is 2. The number of rotatable bonds is 7. The first-order chi connectivity index (χ1) is 13.7. The average molecular weight is 436 g/mol. The van der Waals surface area contributed by atoms with Crippen LogP contribution in [-0.4, -0.2) is 30.8 Å². The largest absolute Gasteiger partial charge is 0.348 e. The van der Waals surface area contributed by atoms with Gasteiger partial charge in [0.2, 0.25) is 11.8 Å². The fraction of sp³-hybridized carbons (Fsp3) is 0.286. The molecule has 0 saturated heterocycles. The lowest BCUT2D eigenvalue weighted by Crippen LogP contribution is -2.42. The maximum absolute atomic E-state index is 12.1. The minimum absolute atomic E-state index is 0.189. The van der Waals surface area contributed by atoms with Gasteiger partial charge in [-0.15, -0.1) is 0 Å². The van der Waals surface area contributed by atoms with Gasteiger partial charge < -0.3 is 16.0 Å². The summed E-state index contributed by atoms with van der Waals surface area (Å²) in [6.45, 7) is 5.39. The highest BCUT2D eigenvalue weighted by molar-refractivity contribution is 6.36. The standard InChI is InChI=1S/C21H23Cl2N3O3/c1-12-4-5-13(2)17(8-12)14(3)26-20(28)11-24-19(27)10-25-21(29)16-7-6-15(22)9-18(16)23/h4-9,14H,10-11H2,1-3H3,(H,24,27)(H,25,29)(H,26,28). The van der Waals surface area contributed by atoms with E-state index in [1.165, 1.54) is 18.2 Å². The van der Waals surface area contributed by atoms with Crippen LogP contribution in [0.5, 0.6) is 0 Å². The molecule has 0 aromatic heterocycles. The van der Waals surface area contributed by atoms with Crippen molar-refractivity contribution in [1.82, 2.24) is 16.0 Å². The summed E-state index contributed by atoms with van der Waals surface area (Å²) in [6, 6.07) is 10.3. The van der Waals surface area contributed by atoms with Crippen molar-refractivity contribution in [3.8, 4) is 0 Å². The number of amides is 3. The molecule has 3 amide bonds. The van der Waals surface area contributed by atoms with Crippen molar-refractivity contribution in [2.75, 3.05) is 13.1 Å². The van der Waals surface area contributed by atoms with Gasteiger partial charge in [0.1, 0.15) is 0 Å². The summed E-state index contributed by atoms with van der Waals surface area (Å²) >= 11 is 11.8. The number of carbonyl (C=O) groups excluding carboxylic acids is 3. The topological polar surface area (TPSA) is 87.3 Å². The first-order valence-corrected chi connectivity index (χ1v) is 9.79. The van der Waals surface area contributed by atoms with Crippen LogP contribution in [0.3, 0.4) is 0 Å². The average Bonchev–Trinajstić information content (AvgIpc) is 2.66. The zero-order valence-electron chi connectivity index (χ0n) is 16.4. The molecule has 0 bridgehead atoms. The Balaban J connectivity index is 1.79. The van der Waals surface area contributed by atoms with Crippen LogP contribution in [0, 0.1) is 13.8 Å². The van der Waals surface area contributed by atoms with Gasteiger partial charge >= 0.3 is 0 Å². The molecule has 1 unspecified atom stereocenters. The van der Waals surface area contributed by atoms with E-state index in [9.17, 15) is 14.4 Å². The summed E-state index contributed by atoms with van der Waals surface area (Å²) in [5, 5.41) is 8.38. The highest BCUT2D eigenvalue weighted by Gasteiger charge is 2.14. The lowest BCUT2D eigenvalue weighted by atomic mass is 10.00. The molecule has 8 heteroatoms. The summed E-state index contributed by atoms with van der Waals surface area (Å²) < 4.78 is 0. The van der Waals surface area contributed by atoms with Gasteiger partial charge in [-0.1, -0.05) is 47.0 Å². The lowest BCUT2D eigenvalue weighted by molar-refractivity contribution is -0.125. The monoisotopic (exact) mass is 435 g/mol. The molecule has 1 atom stereocenters. The zero-order valence-corrected chi connectivity index (χ0v) is 17.9. The molecule has 0 saturated carbocycles. The zero-order chi connectivity index (χ0) is 21.6. The van der Waals surface area contributed by atoms with Crippen molar-refractivity contribution in [3.05, 3.63) is 68.7 Å². The van der Waals surface area contributed by atoms with Crippen molar-refractivity contribution in [1.29, 1.82) is 0 Å². The Labute approximate surface area is 180 Å². The predicted molar refractivity (Wildman–Crippen MR) is 114 cm³/mol. The van der Waals surface area contributed by atoms with Crippen molar-refractivity contribution >= 4 is 40.9 Å². The Morgan fingerprint density at radius 3 is 2.31 bits per heavy atom. The van der Waals surface area contributed by atoms with Gasteiger partial charge in [0, 0.05) is 5.02 Å². The van der Waals surface area contributed by atoms with Gasteiger partial charge in [0.15, 0.2) is 0 Å². The summed E-state index contributed by atoms with van der Waals surface area (Å²) in [5.41, 5.74) is 3.42. The third-order valence-corrected chi connectivity index (χ3v) is 4.86. The van der Waals surface area contributed by atoms with E-state index in [0.29, 0.717) is 5.02 Å². The number of nitrogens with one attached hydrogen (secondary N) is 3. The van der Waals surface area contributed by atoms with Crippen molar-refractivity contribution in [2.24, 2.45) is 0 Å². The first-order valence-electron chi connectivity index (χ1n) is 9.04. The lowest BCUT2D eigenvalue weighted by Gasteiger charge is -2.17. The van der Waals surface area contributed by atoms with E-state index in [1.54, 1.807) is 0 Å². The molecule has 2 aromatic rings. The molecule has 0 aliphatic rings. The Morgan fingerprint density at radius 1 is 0.931 bits per heavy atom. The fourth-order valence-corrected chi connectivity index (χ4v) is 3.26.